The summed E-state index contributed by atoms with van der Waals surface area (Å²) in [6.45, 7) is 1.45. The van der Waals surface area contributed by atoms with E-state index >= 15 is 0 Å². The van der Waals surface area contributed by atoms with Crippen LogP contribution in [0, 0.1) is 5.92 Å². The Kier molecular flexibility index (Phi) is 4.81. The van der Waals surface area contributed by atoms with Gasteiger partial charge in [-0.3, -0.25) is 4.79 Å². The fourth-order valence-electron chi connectivity index (χ4n) is 1.09. The Hall–Kier alpha value is -1.46. The number of halogens is 2. The lowest BCUT2D eigenvalue weighted by Crippen LogP contribution is -2.25. The number of anilines is 1. The number of ether oxygens (including phenoxy) is 1. The van der Waals surface area contributed by atoms with Crippen LogP contribution in [0.1, 0.15) is 17.3 Å². The normalized spacial score (nSPS) is 11.9. The zero-order valence-corrected chi connectivity index (χ0v) is 11.1. The van der Waals surface area contributed by atoms with Crippen LogP contribution in [-0.4, -0.2) is 18.5 Å². The summed E-state index contributed by atoms with van der Waals surface area (Å²) in [6.07, 6.45) is 0. The van der Waals surface area contributed by atoms with Gasteiger partial charge in [-0.05, 0) is 12.1 Å². The molecule has 1 amide bonds. The van der Waals surface area contributed by atoms with Gasteiger partial charge in [-0.1, -0.05) is 30.1 Å². The minimum atomic E-state index is -0.645. The zero-order valence-electron chi connectivity index (χ0n) is 9.57. The van der Waals surface area contributed by atoms with Crippen molar-refractivity contribution < 1.29 is 14.3 Å². The van der Waals surface area contributed by atoms with E-state index in [-0.39, 0.29) is 27.9 Å². The van der Waals surface area contributed by atoms with Crippen LogP contribution < -0.4 is 11.5 Å². The van der Waals surface area contributed by atoms with E-state index in [1.54, 1.807) is 6.92 Å². The van der Waals surface area contributed by atoms with Gasteiger partial charge in [-0.25, -0.2) is 4.79 Å². The molecule has 0 aromatic heterocycles. The number of primary amides is 1. The average Bonchev–Trinajstić information content (AvgIpc) is 2.31. The standard InChI is InChI=1S/C11H12Cl2N2O3/c1-5(10(15)16)4-18-11(17)6-2-7(12)9(13)8(14)3-6/h2-3,5H,4,14H2,1H3,(H2,15,16). The second-order valence-electron chi connectivity index (χ2n) is 3.76. The van der Waals surface area contributed by atoms with Gasteiger partial charge in [0.05, 0.1) is 27.2 Å². The first kappa shape index (κ1) is 14.6. The maximum Gasteiger partial charge on any atom is 0.338 e. The summed E-state index contributed by atoms with van der Waals surface area (Å²) in [6, 6.07) is 2.70. The molecule has 1 unspecified atom stereocenters. The molecule has 0 fully saturated rings. The maximum atomic E-state index is 11.7. The quantitative estimate of drug-likeness (QED) is 0.653. The summed E-state index contributed by atoms with van der Waals surface area (Å²) in [5, 5.41) is 0.338. The first-order valence-corrected chi connectivity index (χ1v) is 5.79. The molecule has 0 saturated heterocycles. The van der Waals surface area contributed by atoms with Crippen molar-refractivity contribution in [3.8, 4) is 0 Å². The van der Waals surface area contributed by atoms with E-state index in [4.69, 9.17) is 39.4 Å². The van der Waals surface area contributed by atoms with Crippen molar-refractivity contribution in [1.82, 2.24) is 0 Å². The average molecular weight is 291 g/mol. The number of amides is 1. The van der Waals surface area contributed by atoms with E-state index in [9.17, 15) is 9.59 Å². The largest absolute Gasteiger partial charge is 0.461 e. The van der Waals surface area contributed by atoms with Crippen molar-refractivity contribution in [1.29, 1.82) is 0 Å². The monoisotopic (exact) mass is 290 g/mol. The molecule has 5 nitrogen and oxygen atoms in total. The van der Waals surface area contributed by atoms with Crippen LogP contribution >= 0.6 is 23.2 Å². The van der Waals surface area contributed by atoms with Crippen molar-refractivity contribution in [3.63, 3.8) is 0 Å². The number of hydrogen-bond donors (Lipinski definition) is 2. The Morgan fingerprint density at radius 2 is 2.00 bits per heavy atom. The van der Waals surface area contributed by atoms with Crippen LogP contribution in [0.4, 0.5) is 5.69 Å². The van der Waals surface area contributed by atoms with Gasteiger partial charge in [0.25, 0.3) is 0 Å². The van der Waals surface area contributed by atoms with E-state index in [0.717, 1.165) is 0 Å². The minimum absolute atomic E-state index is 0.103. The Bertz CT molecular complexity index is 468. The van der Waals surface area contributed by atoms with Crippen LogP contribution in [0.15, 0.2) is 12.1 Å². The number of hydrogen-bond acceptors (Lipinski definition) is 4. The lowest BCUT2D eigenvalue weighted by atomic mass is 10.2. The molecule has 7 heteroatoms. The molecule has 1 rings (SSSR count). The van der Waals surface area contributed by atoms with Crippen LogP contribution in [0.2, 0.25) is 10.0 Å². The van der Waals surface area contributed by atoms with Gasteiger partial charge >= 0.3 is 5.97 Å². The predicted molar refractivity (Wildman–Crippen MR) is 69.5 cm³/mol. The molecule has 1 aromatic carbocycles. The molecule has 1 aromatic rings. The molecule has 0 radical (unpaired) electrons. The second-order valence-corrected chi connectivity index (χ2v) is 4.55. The highest BCUT2D eigenvalue weighted by molar-refractivity contribution is 6.43. The van der Waals surface area contributed by atoms with Crippen LogP contribution in [0.3, 0.4) is 0 Å². The third-order valence-corrected chi connectivity index (χ3v) is 3.06. The van der Waals surface area contributed by atoms with Crippen molar-refractivity contribution in [2.45, 2.75) is 6.92 Å². The topological polar surface area (TPSA) is 95.4 Å². The minimum Gasteiger partial charge on any atom is -0.461 e. The van der Waals surface area contributed by atoms with Gasteiger partial charge in [0, 0.05) is 0 Å². The molecular formula is C11H12Cl2N2O3. The Morgan fingerprint density at radius 1 is 1.39 bits per heavy atom. The summed E-state index contributed by atoms with van der Waals surface area (Å²) >= 11 is 11.5. The lowest BCUT2D eigenvalue weighted by Gasteiger charge is -2.10. The van der Waals surface area contributed by atoms with Crippen molar-refractivity contribution in [2.24, 2.45) is 11.7 Å². The van der Waals surface area contributed by atoms with Crippen molar-refractivity contribution >= 4 is 40.8 Å². The first-order chi connectivity index (χ1) is 8.32. The molecule has 1 atom stereocenters. The molecule has 0 heterocycles. The Balaban J connectivity index is 2.76. The maximum absolute atomic E-state index is 11.7. The van der Waals surface area contributed by atoms with Gasteiger partial charge in [0.15, 0.2) is 0 Å². The molecular weight excluding hydrogens is 279 g/mol. The molecule has 0 aliphatic carbocycles. The van der Waals surface area contributed by atoms with Crippen LogP contribution in [-0.2, 0) is 9.53 Å². The molecule has 4 N–H and O–H groups in total. The summed E-state index contributed by atoms with van der Waals surface area (Å²) < 4.78 is 4.90. The van der Waals surface area contributed by atoms with Gasteiger partial charge in [-0.15, -0.1) is 0 Å². The SMILES string of the molecule is CC(COC(=O)c1cc(N)c(Cl)c(Cl)c1)C(N)=O. The van der Waals surface area contributed by atoms with E-state index < -0.39 is 17.8 Å². The van der Waals surface area contributed by atoms with Crippen LogP contribution in [0.25, 0.3) is 0 Å². The van der Waals surface area contributed by atoms with Crippen LogP contribution in [0.5, 0.6) is 0 Å². The summed E-state index contributed by atoms with van der Waals surface area (Å²) in [7, 11) is 0. The molecule has 0 spiro atoms. The van der Waals surface area contributed by atoms with Gasteiger partial charge in [-0.2, -0.15) is 0 Å². The highest BCUT2D eigenvalue weighted by Crippen LogP contribution is 2.29. The Morgan fingerprint density at radius 3 is 2.50 bits per heavy atom. The molecule has 98 valence electrons. The first-order valence-electron chi connectivity index (χ1n) is 5.04. The number of carbonyl (C=O) groups is 2. The predicted octanol–water partition coefficient (Wildman–Crippen LogP) is 1.85. The highest BCUT2D eigenvalue weighted by atomic mass is 35.5. The van der Waals surface area contributed by atoms with Gasteiger partial charge in [0.2, 0.25) is 5.91 Å². The van der Waals surface area contributed by atoms with E-state index in [2.05, 4.69) is 0 Å². The van der Waals surface area contributed by atoms with E-state index in [1.165, 1.54) is 12.1 Å². The third kappa shape index (κ3) is 3.51. The number of carbonyl (C=O) groups excluding carboxylic acids is 2. The number of rotatable bonds is 4. The fourth-order valence-corrected chi connectivity index (χ4v) is 1.43. The molecule has 0 saturated carbocycles. The second kappa shape index (κ2) is 5.93. The number of esters is 1. The van der Waals surface area contributed by atoms with Crippen molar-refractivity contribution in [3.05, 3.63) is 27.7 Å². The summed E-state index contributed by atoms with van der Waals surface area (Å²) in [5.41, 5.74) is 11.0. The molecule has 0 bridgehead atoms. The highest BCUT2D eigenvalue weighted by Gasteiger charge is 2.15. The van der Waals surface area contributed by atoms with Gasteiger partial charge in [0.1, 0.15) is 6.61 Å². The summed E-state index contributed by atoms with van der Waals surface area (Å²) in [4.78, 5) is 22.4. The Labute approximate surface area is 114 Å². The molecule has 0 aliphatic heterocycles. The molecule has 0 aliphatic rings. The number of nitrogens with two attached hydrogens (primary N) is 2. The zero-order chi connectivity index (χ0) is 13.9. The molecule has 18 heavy (non-hydrogen) atoms. The fraction of sp³-hybridized carbons (Fsp3) is 0.273. The van der Waals surface area contributed by atoms with Gasteiger partial charge < -0.3 is 16.2 Å². The number of benzene rings is 1. The van der Waals surface area contributed by atoms with E-state index in [1.807, 2.05) is 0 Å². The van der Waals surface area contributed by atoms with E-state index in [0.29, 0.717) is 0 Å². The number of nitrogen functional groups attached to an aromatic ring is 1. The van der Waals surface area contributed by atoms with Crippen molar-refractivity contribution in [2.75, 3.05) is 12.3 Å². The smallest absolute Gasteiger partial charge is 0.338 e. The third-order valence-electron chi connectivity index (χ3n) is 2.24. The lowest BCUT2D eigenvalue weighted by molar-refractivity contribution is -0.122. The summed E-state index contributed by atoms with van der Waals surface area (Å²) in [5.74, 6) is -1.75.